The number of ether oxygens (including phenoxy) is 2. The molecule has 1 saturated heterocycles. The fraction of sp³-hybridized carbons (Fsp3) is 0.925. The van der Waals surface area contributed by atoms with Gasteiger partial charge >= 0.3 is 0 Å². The van der Waals surface area contributed by atoms with Crippen LogP contribution in [0.25, 0.3) is 0 Å². The van der Waals surface area contributed by atoms with Gasteiger partial charge in [0, 0.05) is 0 Å². The van der Waals surface area contributed by atoms with Gasteiger partial charge in [0.05, 0.1) is 25.4 Å². The molecule has 1 aliphatic rings. The second-order valence-electron chi connectivity index (χ2n) is 14.7. The Labute approximate surface area is 309 Å². The monoisotopic (exact) mass is 732 g/mol. The van der Waals surface area contributed by atoms with Crippen LogP contribution in [0.15, 0.2) is 12.2 Å². The van der Waals surface area contributed by atoms with Gasteiger partial charge in [-0.15, -0.1) is 0 Å². The van der Waals surface area contributed by atoms with Crippen molar-refractivity contribution < 1.29 is 50.0 Å². The summed E-state index contributed by atoms with van der Waals surface area (Å²) in [5, 5.41) is 75.2. The van der Waals surface area contributed by atoms with Gasteiger partial charge in [0.2, 0.25) is 5.91 Å². The third-order valence-corrected chi connectivity index (χ3v) is 10.1. The van der Waals surface area contributed by atoms with Crippen molar-refractivity contribution in [2.75, 3.05) is 13.2 Å². The van der Waals surface area contributed by atoms with Crippen molar-refractivity contribution in [3.63, 3.8) is 0 Å². The van der Waals surface area contributed by atoms with Crippen molar-refractivity contribution in [1.29, 1.82) is 0 Å². The number of aliphatic hydroxyl groups is 7. The molecule has 1 fully saturated rings. The summed E-state index contributed by atoms with van der Waals surface area (Å²) in [6, 6.07) is -1.18. The van der Waals surface area contributed by atoms with Gasteiger partial charge in [0.25, 0.3) is 0 Å². The fourth-order valence-corrected chi connectivity index (χ4v) is 6.56. The van der Waals surface area contributed by atoms with Crippen molar-refractivity contribution in [2.45, 2.75) is 223 Å². The van der Waals surface area contributed by atoms with Crippen molar-refractivity contribution in [1.82, 2.24) is 5.32 Å². The number of carbonyl (C=O) groups is 1. The second-order valence-corrected chi connectivity index (χ2v) is 14.7. The molecule has 51 heavy (non-hydrogen) atoms. The van der Waals surface area contributed by atoms with Gasteiger partial charge < -0.3 is 50.5 Å². The largest absolute Gasteiger partial charge is 0.394 e. The zero-order chi connectivity index (χ0) is 37.7. The number of rotatable bonds is 33. The Morgan fingerprint density at radius 2 is 1.16 bits per heavy atom. The van der Waals surface area contributed by atoms with Crippen LogP contribution in [0, 0.1) is 0 Å². The first-order chi connectivity index (χ1) is 24.7. The molecule has 9 atom stereocenters. The Morgan fingerprint density at radius 1 is 0.667 bits per heavy atom. The fourth-order valence-electron chi connectivity index (χ4n) is 6.56. The predicted octanol–water partition coefficient (Wildman–Crippen LogP) is 5.33. The van der Waals surface area contributed by atoms with E-state index in [9.17, 15) is 40.5 Å². The Balaban J connectivity index is 2.56. The number of unbranched alkanes of at least 4 members (excludes halogenated alkanes) is 19. The molecule has 0 bridgehead atoms. The smallest absolute Gasteiger partial charge is 0.249 e. The van der Waals surface area contributed by atoms with Gasteiger partial charge in [-0.2, -0.15) is 0 Å². The lowest BCUT2D eigenvalue weighted by Crippen LogP contribution is -2.60. The van der Waals surface area contributed by atoms with E-state index in [1.807, 2.05) is 0 Å². The SMILES string of the molecule is CCCCCCCCCCC/C=C/CCCC(O)C(O)C(COC1OC(CO)C(O)C(O)C1O)NC(=O)C(O)CCCCCCCCCCCC. The Kier molecular flexibility index (Phi) is 29.3. The summed E-state index contributed by atoms with van der Waals surface area (Å²) >= 11 is 0. The van der Waals surface area contributed by atoms with Crippen molar-refractivity contribution in [3.05, 3.63) is 12.2 Å². The minimum atomic E-state index is -1.66. The molecule has 9 unspecified atom stereocenters. The lowest BCUT2D eigenvalue weighted by molar-refractivity contribution is -0.303. The van der Waals surface area contributed by atoms with E-state index in [1.54, 1.807) is 0 Å². The zero-order valence-corrected chi connectivity index (χ0v) is 32.1. The van der Waals surface area contributed by atoms with Gasteiger partial charge in [-0.1, -0.05) is 142 Å². The minimum Gasteiger partial charge on any atom is -0.394 e. The second kappa shape index (κ2) is 31.2. The molecule has 1 aliphatic heterocycles. The molecule has 0 aromatic rings. The number of allylic oxidation sites excluding steroid dienone is 2. The van der Waals surface area contributed by atoms with E-state index in [-0.39, 0.29) is 12.8 Å². The van der Waals surface area contributed by atoms with Crippen molar-refractivity contribution in [3.8, 4) is 0 Å². The van der Waals surface area contributed by atoms with Crippen LogP contribution >= 0.6 is 0 Å². The molecule has 8 N–H and O–H groups in total. The average Bonchev–Trinajstić information content (AvgIpc) is 3.13. The van der Waals surface area contributed by atoms with Crippen LogP contribution in [0.3, 0.4) is 0 Å². The molecule has 0 aromatic heterocycles. The molecule has 0 spiro atoms. The lowest BCUT2D eigenvalue weighted by atomic mass is 9.98. The van der Waals surface area contributed by atoms with E-state index in [0.29, 0.717) is 12.8 Å². The van der Waals surface area contributed by atoms with Gasteiger partial charge in [-0.3, -0.25) is 4.79 Å². The summed E-state index contributed by atoms with van der Waals surface area (Å²) in [7, 11) is 0. The molecular weight excluding hydrogens is 654 g/mol. The van der Waals surface area contributed by atoms with Gasteiger partial charge in [-0.05, 0) is 38.5 Å². The standard InChI is InChI=1S/C40H77NO10/c1-3-5-7-9-11-13-15-16-17-18-20-21-23-25-27-32(43)35(45)31(30-50-40-38(48)37(47)36(46)34(29-42)51-40)41-39(49)33(44)28-26-24-22-19-14-12-10-8-6-4-2/h20-21,31-38,40,42-48H,3-19,22-30H2,1-2H3,(H,41,49)/b21-20+. The first kappa shape index (κ1) is 47.9. The summed E-state index contributed by atoms with van der Waals surface area (Å²) in [4.78, 5) is 13.0. The molecule has 1 heterocycles. The maximum absolute atomic E-state index is 13.0. The topological polar surface area (TPSA) is 189 Å². The number of aliphatic hydroxyl groups excluding tert-OH is 7. The summed E-state index contributed by atoms with van der Waals surface area (Å²) in [5.74, 6) is -0.709. The van der Waals surface area contributed by atoms with E-state index in [2.05, 4.69) is 31.3 Å². The number of carbonyl (C=O) groups excluding carboxylic acids is 1. The molecule has 0 saturated carbocycles. The maximum atomic E-state index is 13.0. The highest BCUT2D eigenvalue weighted by Gasteiger charge is 2.44. The quantitative estimate of drug-likeness (QED) is 0.0324. The predicted molar refractivity (Wildman–Crippen MR) is 201 cm³/mol. The normalized spacial score (nSPS) is 23.4. The lowest BCUT2D eigenvalue weighted by Gasteiger charge is -2.40. The molecule has 0 radical (unpaired) electrons. The van der Waals surface area contributed by atoms with Gasteiger partial charge in [0.1, 0.15) is 36.6 Å². The molecule has 0 aliphatic carbocycles. The van der Waals surface area contributed by atoms with Gasteiger partial charge in [-0.25, -0.2) is 0 Å². The first-order valence-corrected chi connectivity index (χ1v) is 20.6. The van der Waals surface area contributed by atoms with E-state index in [0.717, 1.165) is 38.5 Å². The minimum absolute atomic E-state index is 0.257. The van der Waals surface area contributed by atoms with Crippen LogP contribution in [-0.2, 0) is 14.3 Å². The summed E-state index contributed by atoms with van der Waals surface area (Å²) < 4.78 is 11.0. The van der Waals surface area contributed by atoms with Crippen LogP contribution < -0.4 is 5.32 Å². The van der Waals surface area contributed by atoms with Crippen LogP contribution in [-0.4, -0.2) is 110 Å². The van der Waals surface area contributed by atoms with Crippen LogP contribution in [0.2, 0.25) is 0 Å². The highest BCUT2D eigenvalue weighted by Crippen LogP contribution is 2.23. The summed E-state index contributed by atoms with van der Waals surface area (Å²) in [6.45, 7) is 3.37. The van der Waals surface area contributed by atoms with Crippen molar-refractivity contribution in [2.24, 2.45) is 0 Å². The Bertz CT molecular complexity index is 846. The van der Waals surface area contributed by atoms with E-state index in [1.165, 1.54) is 89.9 Å². The molecule has 0 aromatic carbocycles. The molecule has 1 amide bonds. The van der Waals surface area contributed by atoms with E-state index >= 15 is 0 Å². The van der Waals surface area contributed by atoms with Gasteiger partial charge in [0.15, 0.2) is 6.29 Å². The zero-order valence-electron chi connectivity index (χ0n) is 32.1. The van der Waals surface area contributed by atoms with E-state index < -0.39 is 74.2 Å². The molecule has 302 valence electrons. The Morgan fingerprint density at radius 3 is 1.69 bits per heavy atom. The maximum Gasteiger partial charge on any atom is 0.249 e. The van der Waals surface area contributed by atoms with Crippen LogP contribution in [0.5, 0.6) is 0 Å². The average molecular weight is 732 g/mol. The number of hydrogen-bond donors (Lipinski definition) is 8. The third-order valence-electron chi connectivity index (χ3n) is 10.1. The Hall–Kier alpha value is -1.15. The molecular formula is C40H77NO10. The first-order valence-electron chi connectivity index (χ1n) is 20.6. The molecule has 11 nitrogen and oxygen atoms in total. The highest BCUT2D eigenvalue weighted by atomic mass is 16.7. The summed E-state index contributed by atoms with van der Waals surface area (Å²) in [6.07, 6.45) is 18.5. The number of hydrogen-bond acceptors (Lipinski definition) is 10. The number of amides is 1. The van der Waals surface area contributed by atoms with Crippen molar-refractivity contribution >= 4 is 5.91 Å². The highest BCUT2D eigenvalue weighted by molar-refractivity contribution is 5.80. The molecule has 1 rings (SSSR count). The van der Waals surface area contributed by atoms with Crippen LogP contribution in [0.1, 0.15) is 168 Å². The molecule has 11 heteroatoms. The third kappa shape index (κ3) is 22.0. The van der Waals surface area contributed by atoms with E-state index in [4.69, 9.17) is 9.47 Å². The van der Waals surface area contributed by atoms with Crippen LogP contribution in [0.4, 0.5) is 0 Å². The summed E-state index contributed by atoms with van der Waals surface area (Å²) in [5.41, 5.74) is 0. The number of nitrogens with one attached hydrogen (secondary N) is 1.